The molecule has 336 valence electrons. The average molecular weight is 914 g/mol. The summed E-state index contributed by atoms with van der Waals surface area (Å²) in [6, 6.07) is 106. The van der Waals surface area contributed by atoms with E-state index in [9.17, 15) is 0 Å². The summed E-state index contributed by atoms with van der Waals surface area (Å²) in [5.74, 6) is 0. The van der Waals surface area contributed by atoms with Crippen LogP contribution >= 0.6 is 0 Å². The van der Waals surface area contributed by atoms with Crippen molar-refractivity contribution >= 4 is 60.2 Å². The smallest absolute Gasteiger partial charge is 0.0714 e. The molecule has 0 aromatic heterocycles. The van der Waals surface area contributed by atoms with Crippen LogP contribution in [0.2, 0.25) is 0 Å². The fourth-order valence-electron chi connectivity index (χ4n) is 12.1. The minimum Gasteiger partial charge on any atom is -0.310 e. The molecule has 0 unspecified atom stereocenters. The van der Waals surface area contributed by atoms with E-state index in [4.69, 9.17) is 0 Å². The third-order valence-corrected chi connectivity index (χ3v) is 15.3. The zero-order chi connectivity index (χ0) is 47.6. The van der Waals surface area contributed by atoms with Gasteiger partial charge in [-0.15, -0.1) is 0 Å². The molecule has 0 amide bonds. The van der Waals surface area contributed by atoms with Crippen LogP contribution in [-0.2, 0) is 5.41 Å². The van der Waals surface area contributed by atoms with E-state index in [0.717, 1.165) is 17.1 Å². The van der Waals surface area contributed by atoms with Crippen molar-refractivity contribution in [1.29, 1.82) is 0 Å². The maximum absolute atomic E-state index is 2.48. The first-order chi connectivity index (χ1) is 35.7. The second kappa shape index (κ2) is 17.0. The summed E-state index contributed by atoms with van der Waals surface area (Å²) in [5, 5.41) is 9.97. The van der Waals surface area contributed by atoms with Gasteiger partial charge in [0.1, 0.15) is 0 Å². The molecule has 0 radical (unpaired) electrons. The summed E-state index contributed by atoms with van der Waals surface area (Å²) in [7, 11) is 0. The molecule has 0 bridgehead atoms. The summed E-state index contributed by atoms with van der Waals surface area (Å²) in [6.07, 6.45) is 0. The van der Waals surface area contributed by atoms with Crippen molar-refractivity contribution in [3.63, 3.8) is 0 Å². The fourth-order valence-corrected chi connectivity index (χ4v) is 12.1. The number of fused-ring (bicyclic) bond motifs is 9. The van der Waals surface area contributed by atoms with Crippen molar-refractivity contribution in [2.24, 2.45) is 0 Å². The molecule has 0 fully saturated rings. The first kappa shape index (κ1) is 41.7. The van der Waals surface area contributed by atoms with Gasteiger partial charge in [-0.3, -0.25) is 0 Å². The van der Waals surface area contributed by atoms with Crippen molar-refractivity contribution in [3.05, 3.63) is 307 Å². The van der Waals surface area contributed by atoms with Crippen LogP contribution in [0.25, 0.3) is 87.6 Å². The Kier molecular flexibility index (Phi) is 9.82. The van der Waals surface area contributed by atoms with Crippen LogP contribution < -0.4 is 4.90 Å². The van der Waals surface area contributed by atoms with E-state index in [2.05, 4.69) is 290 Å². The molecule has 1 aliphatic rings. The molecule has 14 rings (SSSR count). The quantitative estimate of drug-likeness (QED) is 0.137. The van der Waals surface area contributed by atoms with Crippen molar-refractivity contribution in [2.75, 3.05) is 4.90 Å². The van der Waals surface area contributed by atoms with Crippen LogP contribution in [0.4, 0.5) is 17.1 Å². The van der Waals surface area contributed by atoms with E-state index >= 15 is 0 Å². The second-order valence-electron chi connectivity index (χ2n) is 19.1. The lowest BCUT2D eigenvalue weighted by atomic mass is 9.67. The van der Waals surface area contributed by atoms with Gasteiger partial charge in [-0.05, 0) is 152 Å². The Hall–Kier alpha value is -9.30. The predicted molar refractivity (Wildman–Crippen MR) is 305 cm³/mol. The highest BCUT2D eigenvalue weighted by molar-refractivity contribution is 6.22. The van der Waals surface area contributed by atoms with Gasteiger partial charge in [-0.2, -0.15) is 0 Å². The molecule has 1 aliphatic carbocycles. The third-order valence-electron chi connectivity index (χ3n) is 15.3. The maximum atomic E-state index is 2.48. The largest absolute Gasteiger partial charge is 0.310 e. The normalized spacial score (nSPS) is 12.6. The Labute approximate surface area is 420 Å². The number of rotatable bonds is 8. The highest BCUT2D eigenvalue weighted by atomic mass is 15.1. The van der Waals surface area contributed by atoms with Gasteiger partial charge in [0.2, 0.25) is 0 Å². The lowest BCUT2D eigenvalue weighted by Gasteiger charge is -2.35. The molecule has 0 aliphatic heterocycles. The lowest BCUT2D eigenvalue weighted by Crippen LogP contribution is -2.28. The molecule has 72 heavy (non-hydrogen) atoms. The molecule has 0 saturated heterocycles. The molecule has 0 atom stereocenters. The summed E-state index contributed by atoms with van der Waals surface area (Å²) >= 11 is 0. The topological polar surface area (TPSA) is 3.24 Å². The van der Waals surface area contributed by atoms with E-state index in [0.29, 0.717) is 0 Å². The van der Waals surface area contributed by atoms with Crippen LogP contribution in [-0.4, -0.2) is 0 Å². The SMILES string of the molecule is c1ccc(-c2c(-c3ccccc3)c3cc(N(c4ccc(-c5ccc6c(ccc7ccccc76)c5)cc4)c4ccc5c(c4)C(c4ccccc4)(c4ccccc4)c4ccccc4-5)ccc3c3ccccc23)cc1. The molecule has 13 aromatic carbocycles. The van der Waals surface area contributed by atoms with Crippen LogP contribution in [0.15, 0.2) is 285 Å². The van der Waals surface area contributed by atoms with Gasteiger partial charge in [-0.25, -0.2) is 0 Å². The highest BCUT2D eigenvalue weighted by Crippen LogP contribution is 2.57. The molecular weight excluding hydrogens is 867 g/mol. The van der Waals surface area contributed by atoms with Crippen LogP contribution in [0.5, 0.6) is 0 Å². The Morgan fingerprint density at radius 1 is 0.236 bits per heavy atom. The predicted octanol–water partition coefficient (Wildman–Crippen LogP) is 19.1. The van der Waals surface area contributed by atoms with Gasteiger partial charge in [0.25, 0.3) is 0 Å². The molecule has 0 heterocycles. The van der Waals surface area contributed by atoms with Gasteiger partial charge in [0.15, 0.2) is 0 Å². The Balaban J connectivity index is 1.02. The van der Waals surface area contributed by atoms with Crippen LogP contribution in [0, 0.1) is 0 Å². The minimum absolute atomic E-state index is 0.547. The minimum atomic E-state index is -0.547. The highest BCUT2D eigenvalue weighted by Gasteiger charge is 2.46. The third kappa shape index (κ3) is 6.55. The average Bonchev–Trinajstić information content (AvgIpc) is 3.76. The van der Waals surface area contributed by atoms with E-state index in [1.54, 1.807) is 0 Å². The lowest BCUT2D eigenvalue weighted by molar-refractivity contribution is 0.768. The van der Waals surface area contributed by atoms with E-state index < -0.39 is 5.41 Å². The molecule has 0 spiro atoms. The van der Waals surface area contributed by atoms with Crippen molar-refractivity contribution in [1.82, 2.24) is 0 Å². The Bertz CT molecular complexity index is 4140. The molecule has 0 N–H and O–H groups in total. The number of nitrogens with zero attached hydrogens (tertiary/aromatic N) is 1. The van der Waals surface area contributed by atoms with Crippen LogP contribution in [0.1, 0.15) is 22.3 Å². The van der Waals surface area contributed by atoms with E-state index in [1.807, 2.05) is 0 Å². The number of hydrogen-bond acceptors (Lipinski definition) is 1. The molecule has 1 heteroatoms. The fraction of sp³-hybridized carbons (Fsp3) is 0.0141. The zero-order valence-electron chi connectivity index (χ0n) is 39.6. The van der Waals surface area contributed by atoms with Gasteiger partial charge in [-0.1, -0.05) is 243 Å². The van der Waals surface area contributed by atoms with Gasteiger partial charge >= 0.3 is 0 Å². The molecular formula is C71H47N. The number of benzene rings is 13. The number of hydrogen-bond donors (Lipinski definition) is 0. The van der Waals surface area contributed by atoms with Gasteiger partial charge in [0, 0.05) is 17.1 Å². The van der Waals surface area contributed by atoms with E-state index in [-0.39, 0.29) is 0 Å². The van der Waals surface area contributed by atoms with Crippen molar-refractivity contribution in [2.45, 2.75) is 5.41 Å². The van der Waals surface area contributed by atoms with Gasteiger partial charge in [0.05, 0.1) is 5.41 Å². The Morgan fingerprint density at radius 2 is 0.708 bits per heavy atom. The standard InChI is InChI=1S/C71H47N/c1-5-20-50(21-6-1)69-65-31-16-15-29-61(65)62-43-40-57(46-66(62)70(69)51-22-7-2-8-23-51)72(56-38-35-48(36-39-56)52-37-42-60-53(45-52)34-33-49-19-13-14-28-59(49)60)58-41-44-64-63-30-17-18-32-67(63)71(68(64)47-58,54-24-9-3-10-25-54)55-26-11-4-12-27-55/h1-47H. The summed E-state index contributed by atoms with van der Waals surface area (Å²) in [4.78, 5) is 2.48. The first-order valence-electron chi connectivity index (χ1n) is 25.0. The van der Waals surface area contributed by atoms with Gasteiger partial charge < -0.3 is 4.90 Å². The van der Waals surface area contributed by atoms with Crippen molar-refractivity contribution in [3.8, 4) is 44.5 Å². The maximum Gasteiger partial charge on any atom is 0.0714 e. The summed E-state index contributed by atoms with van der Waals surface area (Å²) < 4.78 is 0. The van der Waals surface area contributed by atoms with E-state index in [1.165, 1.54) is 110 Å². The number of anilines is 3. The zero-order valence-corrected chi connectivity index (χ0v) is 39.6. The second-order valence-corrected chi connectivity index (χ2v) is 19.1. The molecule has 0 saturated carbocycles. The molecule has 13 aromatic rings. The monoisotopic (exact) mass is 913 g/mol. The first-order valence-corrected chi connectivity index (χ1v) is 25.0. The Morgan fingerprint density at radius 3 is 1.42 bits per heavy atom. The molecule has 1 nitrogen and oxygen atoms in total. The van der Waals surface area contributed by atoms with Crippen LogP contribution in [0.3, 0.4) is 0 Å². The summed E-state index contributed by atoms with van der Waals surface area (Å²) in [6.45, 7) is 0. The summed E-state index contributed by atoms with van der Waals surface area (Å²) in [5.41, 5.74) is 17.5. The van der Waals surface area contributed by atoms with Crippen molar-refractivity contribution < 1.29 is 0 Å².